The number of nitrogen functional groups attached to an aromatic ring is 1. The first-order valence-corrected chi connectivity index (χ1v) is 4.48. The molecule has 0 radical (unpaired) electrons. The Bertz CT molecular complexity index is 410. The molecule has 66 valence electrons. The molecule has 2 heterocycles. The average Bonchev–Trinajstić information content (AvgIpc) is 2.61. The fourth-order valence-corrected chi connectivity index (χ4v) is 1.43. The third kappa shape index (κ3) is 1.55. The molecule has 0 aliphatic rings. The van der Waals surface area contributed by atoms with Gasteiger partial charge in [-0.3, -0.25) is 0 Å². The maximum atomic E-state index is 5.56. The van der Waals surface area contributed by atoms with Gasteiger partial charge in [0.1, 0.15) is 5.82 Å². The van der Waals surface area contributed by atoms with Crippen molar-refractivity contribution in [3.63, 3.8) is 0 Å². The van der Waals surface area contributed by atoms with Gasteiger partial charge in [-0.25, -0.2) is 9.67 Å². The van der Waals surface area contributed by atoms with Crippen LogP contribution in [0.4, 0.5) is 5.82 Å². The highest BCUT2D eigenvalue weighted by Crippen LogP contribution is 2.20. The zero-order valence-corrected chi connectivity index (χ0v) is 8.27. The Balaban J connectivity index is 2.57. The molecular formula is C8H7BrN4. The van der Waals surface area contributed by atoms with E-state index in [0.717, 1.165) is 10.2 Å². The third-order valence-electron chi connectivity index (χ3n) is 1.61. The van der Waals surface area contributed by atoms with Gasteiger partial charge in [0, 0.05) is 24.7 Å². The predicted molar refractivity (Wildman–Crippen MR) is 53.5 cm³/mol. The summed E-state index contributed by atoms with van der Waals surface area (Å²) in [5.41, 5.74) is 6.45. The molecule has 4 nitrogen and oxygen atoms in total. The molecule has 0 saturated heterocycles. The third-order valence-corrected chi connectivity index (χ3v) is 2.22. The van der Waals surface area contributed by atoms with E-state index in [4.69, 9.17) is 5.73 Å². The summed E-state index contributed by atoms with van der Waals surface area (Å²) >= 11 is 3.37. The minimum atomic E-state index is 0.480. The minimum Gasteiger partial charge on any atom is -0.384 e. The SMILES string of the molecule is Nc1cc(-n2cccn2)c(Br)cn1. The van der Waals surface area contributed by atoms with Crippen LogP contribution in [0.1, 0.15) is 0 Å². The van der Waals surface area contributed by atoms with Crippen molar-refractivity contribution in [2.24, 2.45) is 0 Å². The van der Waals surface area contributed by atoms with Gasteiger partial charge in [-0.05, 0) is 22.0 Å². The number of hydrogen-bond donors (Lipinski definition) is 1. The molecule has 0 spiro atoms. The molecule has 2 aromatic rings. The maximum absolute atomic E-state index is 5.56. The summed E-state index contributed by atoms with van der Waals surface area (Å²) in [6, 6.07) is 3.61. The average molecular weight is 239 g/mol. The van der Waals surface area contributed by atoms with Gasteiger partial charge in [-0.15, -0.1) is 0 Å². The molecule has 0 aliphatic heterocycles. The predicted octanol–water partition coefficient (Wildman–Crippen LogP) is 1.61. The Labute approximate surface area is 83.5 Å². The Hall–Kier alpha value is -1.36. The van der Waals surface area contributed by atoms with Crippen molar-refractivity contribution in [1.82, 2.24) is 14.8 Å². The van der Waals surface area contributed by atoms with Gasteiger partial charge in [0.2, 0.25) is 0 Å². The summed E-state index contributed by atoms with van der Waals surface area (Å²) < 4.78 is 2.59. The van der Waals surface area contributed by atoms with Gasteiger partial charge in [-0.2, -0.15) is 5.10 Å². The summed E-state index contributed by atoms with van der Waals surface area (Å²) in [4.78, 5) is 3.94. The van der Waals surface area contributed by atoms with E-state index >= 15 is 0 Å². The highest BCUT2D eigenvalue weighted by Gasteiger charge is 2.02. The van der Waals surface area contributed by atoms with E-state index in [0.29, 0.717) is 5.82 Å². The molecular weight excluding hydrogens is 232 g/mol. The molecule has 0 fully saturated rings. The number of rotatable bonds is 1. The molecule has 0 bridgehead atoms. The minimum absolute atomic E-state index is 0.480. The summed E-state index contributed by atoms with van der Waals surface area (Å²) in [5.74, 6) is 0.480. The quantitative estimate of drug-likeness (QED) is 0.822. The van der Waals surface area contributed by atoms with E-state index in [1.807, 2.05) is 12.3 Å². The second-order valence-electron chi connectivity index (χ2n) is 2.51. The molecule has 0 aliphatic carbocycles. The first-order chi connectivity index (χ1) is 6.27. The number of anilines is 1. The first-order valence-electron chi connectivity index (χ1n) is 3.68. The lowest BCUT2D eigenvalue weighted by Crippen LogP contribution is -1.98. The van der Waals surface area contributed by atoms with Crippen LogP contribution in [0, 0.1) is 0 Å². The van der Waals surface area contributed by atoms with Crippen molar-refractivity contribution < 1.29 is 0 Å². The Morgan fingerprint density at radius 1 is 1.46 bits per heavy atom. The monoisotopic (exact) mass is 238 g/mol. The van der Waals surface area contributed by atoms with E-state index < -0.39 is 0 Å². The largest absolute Gasteiger partial charge is 0.384 e. The standard InChI is InChI=1S/C8H7BrN4/c9-6-5-11-8(10)4-7(6)13-3-1-2-12-13/h1-5H,(H2,10,11). The number of hydrogen-bond acceptors (Lipinski definition) is 3. The zero-order chi connectivity index (χ0) is 9.26. The van der Waals surface area contributed by atoms with Crippen molar-refractivity contribution in [3.8, 4) is 5.69 Å². The molecule has 2 aromatic heterocycles. The Morgan fingerprint density at radius 3 is 3.00 bits per heavy atom. The highest BCUT2D eigenvalue weighted by atomic mass is 79.9. The van der Waals surface area contributed by atoms with Crippen LogP contribution < -0.4 is 5.73 Å². The van der Waals surface area contributed by atoms with Crippen LogP contribution in [-0.2, 0) is 0 Å². The zero-order valence-electron chi connectivity index (χ0n) is 6.68. The number of halogens is 1. The molecule has 2 rings (SSSR count). The van der Waals surface area contributed by atoms with Crippen LogP contribution in [0.3, 0.4) is 0 Å². The summed E-state index contributed by atoms with van der Waals surface area (Å²) in [7, 11) is 0. The maximum Gasteiger partial charge on any atom is 0.125 e. The van der Waals surface area contributed by atoms with Gasteiger partial charge in [0.25, 0.3) is 0 Å². The van der Waals surface area contributed by atoms with Crippen LogP contribution >= 0.6 is 15.9 Å². The number of aromatic nitrogens is 3. The lowest BCUT2D eigenvalue weighted by atomic mass is 10.4. The molecule has 0 amide bonds. The Morgan fingerprint density at radius 2 is 2.31 bits per heavy atom. The fraction of sp³-hybridized carbons (Fsp3) is 0. The highest BCUT2D eigenvalue weighted by molar-refractivity contribution is 9.10. The van der Waals surface area contributed by atoms with E-state index in [1.165, 1.54) is 0 Å². The number of nitrogens with zero attached hydrogens (tertiary/aromatic N) is 3. The van der Waals surface area contributed by atoms with Gasteiger partial charge in [-0.1, -0.05) is 0 Å². The first kappa shape index (κ1) is 8.25. The van der Waals surface area contributed by atoms with Gasteiger partial charge in [0.05, 0.1) is 10.2 Å². The van der Waals surface area contributed by atoms with Gasteiger partial charge >= 0.3 is 0 Å². The van der Waals surface area contributed by atoms with Crippen molar-refractivity contribution in [3.05, 3.63) is 35.2 Å². The van der Waals surface area contributed by atoms with Crippen LogP contribution in [0.25, 0.3) is 5.69 Å². The van der Waals surface area contributed by atoms with Crippen molar-refractivity contribution in [2.75, 3.05) is 5.73 Å². The van der Waals surface area contributed by atoms with E-state index in [9.17, 15) is 0 Å². The second kappa shape index (κ2) is 3.18. The second-order valence-corrected chi connectivity index (χ2v) is 3.37. The van der Waals surface area contributed by atoms with Crippen molar-refractivity contribution in [2.45, 2.75) is 0 Å². The molecule has 5 heteroatoms. The van der Waals surface area contributed by atoms with Crippen LogP contribution in [0.2, 0.25) is 0 Å². The molecule has 0 saturated carbocycles. The van der Waals surface area contributed by atoms with Gasteiger partial charge in [0.15, 0.2) is 0 Å². The normalized spacial score (nSPS) is 10.2. The smallest absolute Gasteiger partial charge is 0.125 e. The lowest BCUT2D eigenvalue weighted by Gasteiger charge is -2.04. The van der Waals surface area contributed by atoms with Crippen LogP contribution in [-0.4, -0.2) is 14.8 Å². The molecule has 13 heavy (non-hydrogen) atoms. The molecule has 2 N–H and O–H groups in total. The van der Waals surface area contributed by atoms with E-state index in [-0.39, 0.29) is 0 Å². The Kier molecular flexibility index (Phi) is 2.02. The summed E-state index contributed by atoms with van der Waals surface area (Å²) in [5, 5.41) is 4.09. The number of nitrogens with two attached hydrogens (primary N) is 1. The van der Waals surface area contributed by atoms with E-state index in [2.05, 4.69) is 26.0 Å². The molecule has 0 atom stereocenters. The number of pyridine rings is 1. The van der Waals surface area contributed by atoms with Gasteiger partial charge < -0.3 is 5.73 Å². The van der Waals surface area contributed by atoms with Crippen LogP contribution in [0.5, 0.6) is 0 Å². The summed E-state index contributed by atoms with van der Waals surface area (Å²) in [6.45, 7) is 0. The van der Waals surface area contributed by atoms with Crippen molar-refractivity contribution >= 4 is 21.7 Å². The lowest BCUT2D eigenvalue weighted by molar-refractivity contribution is 0.873. The van der Waals surface area contributed by atoms with Crippen LogP contribution in [0.15, 0.2) is 35.2 Å². The van der Waals surface area contributed by atoms with E-state index in [1.54, 1.807) is 23.1 Å². The molecule has 0 aromatic carbocycles. The fourth-order valence-electron chi connectivity index (χ4n) is 1.03. The molecule has 0 unspecified atom stereocenters. The summed E-state index contributed by atoms with van der Waals surface area (Å²) in [6.07, 6.45) is 5.22. The topological polar surface area (TPSA) is 56.7 Å². The van der Waals surface area contributed by atoms with Crippen molar-refractivity contribution in [1.29, 1.82) is 0 Å².